The first-order valence-electron chi connectivity index (χ1n) is 10.9. The van der Waals surface area contributed by atoms with Crippen LogP contribution in [0, 0.1) is 12.7 Å². The summed E-state index contributed by atoms with van der Waals surface area (Å²) in [7, 11) is 1.80. The molecule has 1 amide bonds. The quantitative estimate of drug-likeness (QED) is 0.500. The highest BCUT2D eigenvalue weighted by atomic mass is 19.1. The maximum Gasteiger partial charge on any atom is 0.244 e. The van der Waals surface area contributed by atoms with E-state index in [1.165, 1.54) is 6.07 Å². The first-order chi connectivity index (χ1) is 15.9. The number of amides is 1. The number of carbonyl (C=O) groups excluding carboxylic acids is 1. The Kier molecular flexibility index (Phi) is 5.30. The van der Waals surface area contributed by atoms with E-state index in [0.717, 1.165) is 34.2 Å². The van der Waals surface area contributed by atoms with Gasteiger partial charge in [0.2, 0.25) is 5.91 Å². The normalized spacial score (nSPS) is 13.8. The fraction of sp³-hybridized carbons (Fsp3) is 0.240. The Morgan fingerprint density at radius 2 is 1.94 bits per heavy atom. The summed E-state index contributed by atoms with van der Waals surface area (Å²) < 4.78 is 16.7. The Labute approximate surface area is 191 Å². The van der Waals surface area contributed by atoms with E-state index in [0.29, 0.717) is 35.7 Å². The lowest BCUT2D eigenvalue weighted by Gasteiger charge is -2.12. The second-order valence-electron chi connectivity index (χ2n) is 8.47. The summed E-state index contributed by atoms with van der Waals surface area (Å²) in [5.74, 6) is 0.981. The highest BCUT2D eigenvalue weighted by Gasteiger charge is 2.19. The molecule has 0 spiro atoms. The number of halogens is 1. The van der Waals surface area contributed by atoms with Gasteiger partial charge in [-0.1, -0.05) is 18.2 Å². The average molecular weight is 445 g/mol. The maximum atomic E-state index is 14.9. The van der Waals surface area contributed by atoms with E-state index in [-0.39, 0.29) is 18.3 Å². The molecule has 1 aliphatic heterocycles. The van der Waals surface area contributed by atoms with Gasteiger partial charge < -0.3 is 16.0 Å². The summed E-state index contributed by atoms with van der Waals surface area (Å²) in [6.07, 6.45) is 2.39. The number of aryl methyl sites for hydroxylation is 1. The van der Waals surface area contributed by atoms with Crippen LogP contribution in [0.25, 0.3) is 21.9 Å². The molecule has 0 aliphatic carbocycles. The highest BCUT2D eigenvalue weighted by Crippen LogP contribution is 2.31. The van der Waals surface area contributed by atoms with Crippen molar-refractivity contribution in [2.24, 2.45) is 5.73 Å². The van der Waals surface area contributed by atoms with Crippen LogP contribution in [0.2, 0.25) is 0 Å². The van der Waals surface area contributed by atoms with Gasteiger partial charge in [0.15, 0.2) is 5.82 Å². The summed E-state index contributed by atoms with van der Waals surface area (Å²) in [6, 6.07) is 13.0. The average Bonchev–Trinajstić information content (AvgIpc) is 3.12. The minimum atomic E-state index is -0.291. The maximum absolute atomic E-state index is 14.9. The third kappa shape index (κ3) is 4.05. The molecule has 2 aromatic heterocycles. The zero-order valence-corrected chi connectivity index (χ0v) is 18.6. The van der Waals surface area contributed by atoms with Gasteiger partial charge in [-0.05, 0) is 47.2 Å². The van der Waals surface area contributed by atoms with Gasteiger partial charge in [-0.25, -0.2) is 9.37 Å². The number of carbonyl (C=O) groups is 1. The Balaban J connectivity index is 1.46. The number of benzene rings is 2. The van der Waals surface area contributed by atoms with Crippen LogP contribution in [0.1, 0.15) is 16.8 Å². The number of aromatic nitrogens is 3. The molecule has 0 atom stereocenters. The summed E-state index contributed by atoms with van der Waals surface area (Å²) in [5, 5.41) is 9.33. The number of hydrogen-bond donors (Lipinski definition) is 2. The molecular formula is C25H25FN6O. The van der Waals surface area contributed by atoms with Crippen LogP contribution in [0.5, 0.6) is 0 Å². The predicted molar refractivity (Wildman–Crippen MR) is 127 cm³/mol. The van der Waals surface area contributed by atoms with Crippen LogP contribution in [0.15, 0.2) is 48.7 Å². The summed E-state index contributed by atoms with van der Waals surface area (Å²) in [5.41, 5.74) is 10.1. The fourth-order valence-electron chi connectivity index (χ4n) is 4.24. The summed E-state index contributed by atoms with van der Waals surface area (Å²) in [6.45, 7) is 3.30. The van der Waals surface area contributed by atoms with Crippen molar-refractivity contribution in [2.75, 3.05) is 18.9 Å². The summed E-state index contributed by atoms with van der Waals surface area (Å²) >= 11 is 0. The number of likely N-dealkylation sites (N-methyl/N-ethyl adjacent to an activating group) is 1. The lowest BCUT2D eigenvalue weighted by atomic mass is 9.96. The van der Waals surface area contributed by atoms with Crippen LogP contribution < -0.4 is 11.1 Å². The second-order valence-corrected chi connectivity index (χ2v) is 8.47. The van der Waals surface area contributed by atoms with Crippen LogP contribution >= 0.6 is 0 Å². The number of anilines is 2. The third-order valence-corrected chi connectivity index (χ3v) is 6.16. The smallest absolute Gasteiger partial charge is 0.244 e. The van der Waals surface area contributed by atoms with Crippen LogP contribution in [0.4, 0.5) is 16.0 Å². The predicted octanol–water partition coefficient (Wildman–Crippen LogP) is 3.76. The molecule has 2 aromatic carbocycles. The molecule has 5 rings (SSSR count). The van der Waals surface area contributed by atoms with Crippen molar-refractivity contribution >= 4 is 28.3 Å². The highest BCUT2D eigenvalue weighted by molar-refractivity contribution is 5.89. The number of fused-ring (bicyclic) bond motifs is 2. The van der Waals surface area contributed by atoms with E-state index in [1.54, 1.807) is 22.8 Å². The van der Waals surface area contributed by atoms with Gasteiger partial charge in [0.05, 0.1) is 0 Å². The third-order valence-electron chi connectivity index (χ3n) is 6.16. The SMILES string of the molecule is Cc1cc(CN)ccc1-c1cc2cc(Nc3cc4n(n3)CC(=O)N(C)CC4)ncc2cc1F. The molecule has 3 heterocycles. The van der Waals surface area contributed by atoms with Crippen molar-refractivity contribution in [2.45, 2.75) is 26.4 Å². The Morgan fingerprint density at radius 1 is 1.09 bits per heavy atom. The van der Waals surface area contributed by atoms with Gasteiger partial charge in [-0.2, -0.15) is 5.10 Å². The van der Waals surface area contributed by atoms with Gasteiger partial charge >= 0.3 is 0 Å². The molecule has 0 saturated carbocycles. The molecule has 4 aromatic rings. The minimum Gasteiger partial charge on any atom is -0.344 e. The molecule has 33 heavy (non-hydrogen) atoms. The number of nitrogens with zero attached hydrogens (tertiary/aromatic N) is 4. The van der Waals surface area contributed by atoms with Gasteiger partial charge in [-0.15, -0.1) is 0 Å². The van der Waals surface area contributed by atoms with Crippen molar-refractivity contribution in [3.63, 3.8) is 0 Å². The van der Waals surface area contributed by atoms with E-state index in [1.807, 2.05) is 43.3 Å². The van der Waals surface area contributed by atoms with Crippen molar-refractivity contribution < 1.29 is 9.18 Å². The molecule has 8 heteroatoms. The molecule has 0 bridgehead atoms. The number of rotatable bonds is 4. The standard InChI is InChI=1S/C25H25FN6O/c1-15-7-16(12-27)3-4-20(15)21-8-17-10-23(28-13-18(17)9-22(21)26)29-24-11-19-5-6-31(2)25(33)14-32(19)30-24/h3-4,7-11,13H,5-6,12,14,27H2,1-2H3,(H,28,29,30). The molecule has 7 nitrogen and oxygen atoms in total. The number of nitrogens with two attached hydrogens (primary N) is 1. The van der Waals surface area contributed by atoms with Crippen LogP contribution in [-0.4, -0.2) is 39.2 Å². The molecule has 0 fully saturated rings. The Morgan fingerprint density at radius 3 is 2.73 bits per heavy atom. The van der Waals surface area contributed by atoms with Crippen molar-refractivity contribution in [1.82, 2.24) is 19.7 Å². The van der Waals surface area contributed by atoms with Crippen molar-refractivity contribution in [1.29, 1.82) is 0 Å². The first kappa shape index (κ1) is 21.1. The van der Waals surface area contributed by atoms with Crippen molar-refractivity contribution in [3.05, 3.63) is 71.3 Å². The summed E-state index contributed by atoms with van der Waals surface area (Å²) in [4.78, 5) is 18.3. The molecule has 0 saturated heterocycles. The Bertz CT molecular complexity index is 1380. The van der Waals surface area contributed by atoms with E-state index >= 15 is 0 Å². The topological polar surface area (TPSA) is 89.1 Å². The molecule has 1 aliphatic rings. The lowest BCUT2D eigenvalue weighted by Crippen LogP contribution is -2.29. The number of hydrogen-bond acceptors (Lipinski definition) is 5. The van der Waals surface area contributed by atoms with Gasteiger partial charge in [0, 0.05) is 55.5 Å². The van der Waals surface area contributed by atoms with E-state index < -0.39 is 0 Å². The van der Waals surface area contributed by atoms with E-state index in [2.05, 4.69) is 15.4 Å². The second kappa shape index (κ2) is 8.29. The van der Waals surface area contributed by atoms with Crippen molar-refractivity contribution in [3.8, 4) is 11.1 Å². The minimum absolute atomic E-state index is 0.0385. The fourth-order valence-corrected chi connectivity index (χ4v) is 4.24. The lowest BCUT2D eigenvalue weighted by molar-refractivity contribution is -0.130. The first-order valence-corrected chi connectivity index (χ1v) is 10.9. The molecule has 168 valence electrons. The zero-order chi connectivity index (χ0) is 23.1. The largest absolute Gasteiger partial charge is 0.344 e. The number of pyridine rings is 1. The zero-order valence-electron chi connectivity index (χ0n) is 18.6. The Hall–Kier alpha value is -3.78. The van der Waals surface area contributed by atoms with Gasteiger partial charge in [-0.3, -0.25) is 9.48 Å². The molecule has 3 N–H and O–H groups in total. The molecular weight excluding hydrogens is 419 g/mol. The number of nitrogens with one attached hydrogen (secondary N) is 1. The van der Waals surface area contributed by atoms with Gasteiger partial charge in [0.25, 0.3) is 0 Å². The van der Waals surface area contributed by atoms with E-state index in [4.69, 9.17) is 5.73 Å². The van der Waals surface area contributed by atoms with E-state index in [9.17, 15) is 9.18 Å². The van der Waals surface area contributed by atoms with Crippen LogP contribution in [-0.2, 0) is 24.3 Å². The monoisotopic (exact) mass is 444 g/mol. The van der Waals surface area contributed by atoms with Gasteiger partial charge in [0.1, 0.15) is 18.2 Å². The molecule has 0 unspecified atom stereocenters. The molecule has 0 radical (unpaired) electrons. The van der Waals surface area contributed by atoms with Crippen LogP contribution in [0.3, 0.4) is 0 Å².